The van der Waals surface area contributed by atoms with Crippen molar-refractivity contribution in [3.8, 4) is 0 Å². The lowest BCUT2D eigenvalue weighted by Gasteiger charge is -2.30. The molecule has 0 N–H and O–H groups in total. The zero-order valence-electron chi connectivity index (χ0n) is 11.2. The van der Waals surface area contributed by atoms with Gasteiger partial charge in [0.1, 0.15) is 5.82 Å². The molecular weight excluding hydrogens is 244 g/mol. The topological polar surface area (TPSA) is 0 Å². The summed E-state index contributed by atoms with van der Waals surface area (Å²) in [6, 6.07) is 3.97. The second-order valence-corrected chi connectivity index (χ2v) is 6.07. The number of rotatable bonds is 1. The fourth-order valence-electron chi connectivity index (χ4n) is 1.62. The molecule has 0 heterocycles. The van der Waals surface area contributed by atoms with Crippen LogP contribution >= 0.6 is 0 Å². The van der Waals surface area contributed by atoms with E-state index in [-0.39, 0.29) is 11.0 Å². The zero-order valence-corrected chi connectivity index (χ0v) is 11.2. The lowest BCUT2D eigenvalue weighted by molar-refractivity contribution is -0.180. The molecule has 0 aliphatic rings. The van der Waals surface area contributed by atoms with Crippen molar-refractivity contribution in [3.63, 3.8) is 0 Å². The molecule has 102 valence electrons. The first-order valence-electron chi connectivity index (χ1n) is 5.74. The smallest absolute Gasteiger partial charge is 0.207 e. The molecule has 1 rings (SSSR count). The highest BCUT2D eigenvalue weighted by molar-refractivity contribution is 5.35. The van der Waals surface area contributed by atoms with E-state index >= 15 is 0 Å². The van der Waals surface area contributed by atoms with Crippen LogP contribution in [-0.2, 0) is 10.8 Å². The average molecular weight is 262 g/mol. The Bertz CT molecular complexity index is 436. The molecule has 1 aromatic carbocycles. The standard InChI is InChI=1S/C14H18F4/c1-12(2,3)9-6-7-11(15)10(8-9)13(4,5)14(16,17)18/h6-8H,1-5H3. The Morgan fingerprint density at radius 2 is 1.39 bits per heavy atom. The van der Waals surface area contributed by atoms with Gasteiger partial charge in [0.2, 0.25) is 0 Å². The molecule has 0 radical (unpaired) electrons. The maximum absolute atomic E-state index is 13.7. The number of halogens is 4. The van der Waals surface area contributed by atoms with E-state index in [2.05, 4.69) is 0 Å². The summed E-state index contributed by atoms with van der Waals surface area (Å²) in [4.78, 5) is 0. The summed E-state index contributed by atoms with van der Waals surface area (Å²) in [5.41, 5.74) is -2.12. The fraction of sp³-hybridized carbons (Fsp3) is 0.571. The Morgan fingerprint density at radius 3 is 1.78 bits per heavy atom. The fourth-order valence-corrected chi connectivity index (χ4v) is 1.62. The van der Waals surface area contributed by atoms with E-state index < -0.39 is 17.4 Å². The van der Waals surface area contributed by atoms with Gasteiger partial charge in [0.05, 0.1) is 5.41 Å². The summed E-state index contributed by atoms with van der Waals surface area (Å²) < 4.78 is 52.6. The van der Waals surface area contributed by atoms with Gasteiger partial charge in [-0.25, -0.2) is 4.39 Å². The van der Waals surface area contributed by atoms with Gasteiger partial charge in [0.15, 0.2) is 0 Å². The monoisotopic (exact) mass is 262 g/mol. The van der Waals surface area contributed by atoms with Crippen molar-refractivity contribution in [3.05, 3.63) is 35.1 Å². The summed E-state index contributed by atoms with van der Waals surface area (Å²) in [5, 5.41) is 0. The predicted octanol–water partition coefficient (Wildman–Crippen LogP) is 4.96. The van der Waals surface area contributed by atoms with Crippen molar-refractivity contribution in [2.24, 2.45) is 0 Å². The van der Waals surface area contributed by atoms with Gasteiger partial charge in [-0.2, -0.15) is 13.2 Å². The van der Waals surface area contributed by atoms with Crippen LogP contribution in [-0.4, -0.2) is 6.18 Å². The Morgan fingerprint density at radius 1 is 0.889 bits per heavy atom. The Hall–Kier alpha value is -1.06. The van der Waals surface area contributed by atoms with Gasteiger partial charge in [-0.15, -0.1) is 0 Å². The van der Waals surface area contributed by atoms with Crippen LogP contribution in [0.4, 0.5) is 17.6 Å². The van der Waals surface area contributed by atoms with Crippen LogP contribution in [0, 0.1) is 5.82 Å². The number of alkyl halides is 3. The molecule has 0 bridgehead atoms. The highest BCUT2D eigenvalue weighted by Crippen LogP contribution is 2.42. The van der Waals surface area contributed by atoms with Gasteiger partial charge < -0.3 is 0 Å². The molecule has 1 aromatic rings. The highest BCUT2D eigenvalue weighted by Gasteiger charge is 2.49. The van der Waals surface area contributed by atoms with E-state index in [4.69, 9.17) is 0 Å². The SMILES string of the molecule is CC(C)(C)c1ccc(F)c(C(C)(C)C(F)(F)F)c1. The van der Waals surface area contributed by atoms with Crippen molar-refractivity contribution >= 4 is 0 Å². The van der Waals surface area contributed by atoms with Gasteiger partial charge in [-0.05, 0) is 30.9 Å². The molecular formula is C14H18F4. The first-order valence-corrected chi connectivity index (χ1v) is 5.74. The number of hydrogen-bond donors (Lipinski definition) is 0. The highest BCUT2D eigenvalue weighted by atomic mass is 19.4. The average Bonchev–Trinajstić information content (AvgIpc) is 2.14. The van der Waals surface area contributed by atoms with Crippen LogP contribution in [0.2, 0.25) is 0 Å². The number of benzene rings is 1. The van der Waals surface area contributed by atoms with E-state index in [1.165, 1.54) is 12.1 Å². The molecule has 0 saturated heterocycles. The van der Waals surface area contributed by atoms with Crippen LogP contribution in [0.25, 0.3) is 0 Å². The van der Waals surface area contributed by atoms with Crippen molar-refractivity contribution in [2.45, 2.75) is 51.6 Å². The second kappa shape index (κ2) is 4.25. The summed E-state index contributed by atoms with van der Waals surface area (Å²) in [7, 11) is 0. The van der Waals surface area contributed by atoms with Crippen molar-refractivity contribution < 1.29 is 17.6 Å². The second-order valence-electron chi connectivity index (χ2n) is 6.07. The van der Waals surface area contributed by atoms with Crippen LogP contribution in [0.1, 0.15) is 45.7 Å². The summed E-state index contributed by atoms with van der Waals surface area (Å²) in [6.07, 6.45) is -4.48. The minimum atomic E-state index is -4.48. The zero-order chi connectivity index (χ0) is 14.4. The first-order chi connectivity index (χ1) is 7.87. The van der Waals surface area contributed by atoms with Gasteiger partial charge in [0.25, 0.3) is 0 Å². The Labute approximate surface area is 105 Å². The van der Waals surface area contributed by atoms with Crippen LogP contribution in [0.15, 0.2) is 18.2 Å². The van der Waals surface area contributed by atoms with E-state index in [0.29, 0.717) is 5.56 Å². The van der Waals surface area contributed by atoms with Gasteiger partial charge in [-0.3, -0.25) is 0 Å². The van der Waals surface area contributed by atoms with Crippen LogP contribution < -0.4 is 0 Å². The van der Waals surface area contributed by atoms with Crippen molar-refractivity contribution in [1.29, 1.82) is 0 Å². The van der Waals surface area contributed by atoms with Crippen LogP contribution in [0.3, 0.4) is 0 Å². The maximum atomic E-state index is 13.7. The largest absolute Gasteiger partial charge is 0.398 e. The molecule has 0 aliphatic carbocycles. The van der Waals surface area contributed by atoms with E-state index in [0.717, 1.165) is 19.9 Å². The quantitative estimate of drug-likeness (QED) is 0.627. The molecule has 0 fully saturated rings. The normalized spacial score (nSPS) is 13.8. The summed E-state index contributed by atoms with van der Waals surface area (Å²) in [5.74, 6) is -0.815. The van der Waals surface area contributed by atoms with Gasteiger partial charge in [0, 0.05) is 5.56 Å². The Kier molecular flexibility index (Phi) is 3.54. The van der Waals surface area contributed by atoms with E-state index in [1.54, 1.807) is 0 Å². The van der Waals surface area contributed by atoms with Crippen LogP contribution in [0.5, 0.6) is 0 Å². The van der Waals surface area contributed by atoms with Crippen molar-refractivity contribution in [1.82, 2.24) is 0 Å². The molecule has 0 saturated carbocycles. The molecule has 0 amide bonds. The third kappa shape index (κ3) is 2.68. The third-order valence-corrected chi connectivity index (χ3v) is 3.21. The molecule has 0 unspecified atom stereocenters. The molecule has 0 spiro atoms. The third-order valence-electron chi connectivity index (χ3n) is 3.21. The molecule has 18 heavy (non-hydrogen) atoms. The molecule has 0 aromatic heterocycles. The van der Waals surface area contributed by atoms with E-state index in [1.807, 2.05) is 20.8 Å². The first kappa shape index (κ1) is 15.0. The lowest BCUT2D eigenvalue weighted by Crippen LogP contribution is -2.37. The van der Waals surface area contributed by atoms with Crippen molar-refractivity contribution in [2.75, 3.05) is 0 Å². The predicted molar refractivity (Wildman–Crippen MR) is 64.2 cm³/mol. The number of hydrogen-bond acceptors (Lipinski definition) is 0. The Balaban J connectivity index is 3.42. The van der Waals surface area contributed by atoms with Gasteiger partial charge in [-0.1, -0.05) is 32.9 Å². The van der Waals surface area contributed by atoms with E-state index in [9.17, 15) is 17.6 Å². The molecule has 0 atom stereocenters. The molecule has 4 heteroatoms. The maximum Gasteiger partial charge on any atom is 0.398 e. The summed E-state index contributed by atoms with van der Waals surface area (Å²) >= 11 is 0. The molecule has 0 nitrogen and oxygen atoms in total. The minimum Gasteiger partial charge on any atom is -0.207 e. The minimum absolute atomic E-state index is 0.303. The molecule has 0 aliphatic heterocycles. The summed E-state index contributed by atoms with van der Waals surface area (Å²) in [6.45, 7) is 7.63. The lowest BCUT2D eigenvalue weighted by atomic mass is 9.79. The van der Waals surface area contributed by atoms with Gasteiger partial charge >= 0.3 is 6.18 Å².